The van der Waals surface area contributed by atoms with E-state index in [-0.39, 0.29) is 0 Å². The number of hydrogen-bond acceptors (Lipinski definition) is 2. The Morgan fingerprint density at radius 3 is 1.43 bits per heavy atom. The summed E-state index contributed by atoms with van der Waals surface area (Å²) in [7, 11) is 0. The molecule has 0 aliphatic carbocycles. The third kappa shape index (κ3) is 4.62. The smallest absolute Gasteiger partial charge is 0.0362 e. The lowest BCUT2D eigenvalue weighted by molar-refractivity contribution is 1.67. The minimum atomic E-state index is 1.25. The van der Waals surface area contributed by atoms with Crippen molar-refractivity contribution >= 4 is 117 Å². The topological polar surface area (TPSA) is 0 Å². The van der Waals surface area contributed by atoms with E-state index in [2.05, 4.69) is 194 Å². The van der Waals surface area contributed by atoms with Crippen molar-refractivity contribution in [2.75, 3.05) is 0 Å². The van der Waals surface area contributed by atoms with Gasteiger partial charge in [0.05, 0.1) is 0 Å². The molecule has 0 spiro atoms. The Bertz CT molecular complexity index is 3800. The Morgan fingerprint density at radius 1 is 0.241 bits per heavy atom. The highest BCUT2D eigenvalue weighted by molar-refractivity contribution is 7.27. The van der Waals surface area contributed by atoms with Crippen LogP contribution in [0, 0.1) is 0 Å². The molecule has 0 fully saturated rings. The van der Waals surface area contributed by atoms with Crippen molar-refractivity contribution in [2.45, 2.75) is 0 Å². The quantitative estimate of drug-likeness (QED) is 0.157. The van der Waals surface area contributed by atoms with Gasteiger partial charge < -0.3 is 0 Å². The van der Waals surface area contributed by atoms with Crippen LogP contribution in [0.5, 0.6) is 0 Å². The summed E-state index contributed by atoms with van der Waals surface area (Å²) < 4.78 is 5.39. The van der Waals surface area contributed by atoms with Gasteiger partial charge in [-0.2, -0.15) is 0 Å². The average molecular weight is 769 g/mol. The molecule has 11 aromatic carbocycles. The van der Waals surface area contributed by atoms with E-state index in [9.17, 15) is 0 Å². The molecule has 0 saturated heterocycles. The third-order valence-electron chi connectivity index (χ3n) is 12.4. The summed E-state index contributed by atoms with van der Waals surface area (Å²) in [6.45, 7) is 0. The zero-order valence-electron chi connectivity index (χ0n) is 31.3. The van der Waals surface area contributed by atoms with Crippen molar-refractivity contribution in [3.05, 3.63) is 194 Å². The second-order valence-electron chi connectivity index (χ2n) is 15.5. The molecule has 0 aliphatic heterocycles. The van der Waals surface area contributed by atoms with Crippen molar-refractivity contribution < 1.29 is 0 Å². The zero-order valence-corrected chi connectivity index (χ0v) is 32.9. The van der Waals surface area contributed by atoms with E-state index in [1.54, 1.807) is 0 Å². The maximum absolute atomic E-state index is 2.45. The SMILES string of the molecule is c1ccc2c(-c3c4ccccc4c(-c4ccc(-c5ccc6c(c5)sc5cc7c(cc56)sc5ccc6ccccc6c57)c5ccccc45)c4ccccc34)cccc2c1. The van der Waals surface area contributed by atoms with Gasteiger partial charge in [0.2, 0.25) is 0 Å². The third-order valence-corrected chi connectivity index (χ3v) is 14.7. The van der Waals surface area contributed by atoms with Crippen LogP contribution in [-0.4, -0.2) is 0 Å². The fourth-order valence-corrected chi connectivity index (χ4v) is 12.2. The van der Waals surface area contributed by atoms with Gasteiger partial charge in [-0.1, -0.05) is 170 Å². The molecule has 0 N–H and O–H groups in total. The summed E-state index contributed by atoms with van der Waals surface area (Å²) in [6, 6.07) is 72.6. The van der Waals surface area contributed by atoms with Gasteiger partial charge in [-0.25, -0.2) is 0 Å². The molecule has 268 valence electrons. The van der Waals surface area contributed by atoms with Gasteiger partial charge in [0.25, 0.3) is 0 Å². The number of rotatable bonds is 3. The Labute approximate surface area is 342 Å². The van der Waals surface area contributed by atoms with Crippen LogP contribution in [-0.2, 0) is 0 Å². The summed E-state index contributed by atoms with van der Waals surface area (Å²) in [4.78, 5) is 0. The first-order chi connectivity index (χ1) is 28.8. The van der Waals surface area contributed by atoms with Crippen molar-refractivity contribution in [2.24, 2.45) is 0 Å². The highest BCUT2D eigenvalue weighted by Crippen LogP contribution is 2.49. The monoisotopic (exact) mass is 768 g/mol. The largest absolute Gasteiger partial charge is 0.135 e. The molecular weight excluding hydrogens is 737 g/mol. The number of fused-ring (bicyclic) bond motifs is 12. The maximum Gasteiger partial charge on any atom is 0.0362 e. The molecule has 58 heavy (non-hydrogen) atoms. The number of benzene rings is 11. The molecule has 0 nitrogen and oxygen atoms in total. The predicted molar refractivity (Wildman–Crippen MR) is 256 cm³/mol. The van der Waals surface area contributed by atoms with Crippen molar-refractivity contribution in [1.82, 2.24) is 0 Å². The van der Waals surface area contributed by atoms with Crippen molar-refractivity contribution in [3.63, 3.8) is 0 Å². The molecule has 0 atom stereocenters. The molecule has 2 heterocycles. The van der Waals surface area contributed by atoms with Gasteiger partial charge in [-0.15, -0.1) is 22.7 Å². The summed E-state index contributed by atoms with van der Waals surface area (Å²) in [5.41, 5.74) is 7.64. The first-order valence-electron chi connectivity index (χ1n) is 19.9. The Balaban J connectivity index is 1.01. The van der Waals surface area contributed by atoms with Gasteiger partial charge in [0.1, 0.15) is 0 Å². The zero-order chi connectivity index (χ0) is 37.9. The molecule has 0 radical (unpaired) electrons. The van der Waals surface area contributed by atoms with Crippen molar-refractivity contribution in [3.8, 4) is 33.4 Å². The van der Waals surface area contributed by atoms with Crippen LogP contribution in [0.4, 0.5) is 0 Å². The lowest BCUT2D eigenvalue weighted by atomic mass is 9.83. The van der Waals surface area contributed by atoms with Crippen LogP contribution in [0.25, 0.3) is 128 Å². The van der Waals surface area contributed by atoms with Gasteiger partial charge in [0.15, 0.2) is 0 Å². The molecule has 13 aromatic rings. The molecule has 0 unspecified atom stereocenters. The predicted octanol–water partition coefficient (Wildman–Crippen LogP) is 17.2. The summed E-state index contributed by atoms with van der Waals surface area (Å²) in [5.74, 6) is 0. The highest BCUT2D eigenvalue weighted by atomic mass is 32.1. The summed E-state index contributed by atoms with van der Waals surface area (Å²) in [6.07, 6.45) is 0. The molecule has 0 amide bonds. The van der Waals surface area contributed by atoms with Gasteiger partial charge >= 0.3 is 0 Å². The molecule has 0 bridgehead atoms. The molecule has 2 heteroatoms. The van der Waals surface area contributed by atoms with Crippen LogP contribution < -0.4 is 0 Å². The fourth-order valence-electron chi connectivity index (χ4n) is 9.90. The second-order valence-corrected chi connectivity index (χ2v) is 17.7. The lowest BCUT2D eigenvalue weighted by Crippen LogP contribution is -1.93. The normalized spacial score (nSPS) is 12.1. The Kier molecular flexibility index (Phi) is 6.86. The van der Waals surface area contributed by atoms with Crippen LogP contribution in [0.3, 0.4) is 0 Å². The van der Waals surface area contributed by atoms with Crippen molar-refractivity contribution in [1.29, 1.82) is 0 Å². The fraction of sp³-hybridized carbons (Fsp3) is 0. The van der Waals surface area contributed by atoms with Crippen LogP contribution >= 0.6 is 22.7 Å². The van der Waals surface area contributed by atoms with Gasteiger partial charge in [-0.3, -0.25) is 0 Å². The van der Waals surface area contributed by atoms with Gasteiger partial charge in [0, 0.05) is 40.3 Å². The Morgan fingerprint density at radius 2 is 0.724 bits per heavy atom. The van der Waals surface area contributed by atoms with E-state index >= 15 is 0 Å². The van der Waals surface area contributed by atoms with Crippen LogP contribution in [0.1, 0.15) is 0 Å². The number of hydrogen-bond donors (Lipinski definition) is 0. The first kappa shape index (κ1) is 32.3. The summed E-state index contributed by atoms with van der Waals surface area (Å²) in [5, 5.41) is 18.2. The van der Waals surface area contributed by atoms with Crippen LogP contribution in [0.15, 0.2) is 194 Å². The Hall–Kier alpha value is -6.84. The van der Waals surface area contributed by atoms with E-state index in [0.29, 0.717) is 0 Å². The standard InChI is InChI=1S/C56H32S2/c1-3-15-36-33(12-1)14-11-23-42(36)54-43-19-7-9-21-45(43)55(46-22-10-8-20-44(46)54)47-28-27-37(39-17-5-6-18-40(39)47)35-24-26-41-48-31-53-49(32-52(48)58-51(41)30-35)56-38-16-4-2-13-34(38)25-29-50(56)57-53/h1-32H. The maximum atomic E-state index is 2.45. The van der Waals surface area contributed by atoms with E-state index in [1.807, 2.05) is 22.7 Å². The molecule has 13 rings (SSSR count). The van der Waals surface area contributed by atoms with Crippen LogP contribution in [0.2, 0.25) is 0 Å². The second kappa shape index (κ2) is 12.3. The minimum Gasteiger partial charge on any atom is -0.135 e. The van der Waals surface area contributed by atoms with E-state index in [0.717, 1.165) is 0 Å². The van der Waals surface area contributed by atoms with E-state index in [1.165, 1.54) is 128 Å². The lowest BCUT2D eigenvalue weighted by Gasteiger charge is -2.20. The average Bonchev–Trinajstić information content (AvgIpc) is 3.84. The highest BCUT2D eigenvalue weighted by Gasteiger charge is 2.20. The van der Waals surface area contributed by atoms with E-state index in [4.69, 9.17) is 0 Å². The molecular formula is C56H32S2. The first-order valence-corrected chi connectivity index (χ1v) is 21.5. The molecule has 0 aliphatic rings. The molecule has 2 aromatic heterocycles. The summed E-state index contributed by atoms with van der Waals surface area (Å²) >= 11 is 3.83. The van der Waals surface area contributed by atoms with E-state index < -0.39 is 0 Å². The minimum absolute atomic E-state index is 1.25. The number of thiophene rings is 2. The molecule has 0 saturated carbocycles. The van der Waals surface area contributed by atoms with Gasteiger partial charge in [-0.05, 0) is 112 Å².